The predicted octanol–water partition coefficient (Wildman–Crippen LogP) is 0.516. The van der Waals surface area contributed by atoms with Gasteiger partial charge < -0.3 is 11.1 Å². The van der Waals surface area contributed by atoms with Crippen molar-refractivity contribution in [3.05, 3.63) is 35.6 Å². The molecule has 0 spiro atoms. The fourth-order valence-electron chi connectivity index (χ4n) is 1.49. The third-order valence-corrected chi connectivity index (χ3v) is 2.89. The summed E-state index contributed by atoms with van der Waals surface area (Å²) in [4.78, 5) is 22.3. The Hall–Kier alpha value is -1.56. The number of nitrogens with two attached hydrogens (primary N) is 1. The first-order valence-electron chi connectivity index (χ1n) is 5.45. The summed E-state index contributed by atoms with van der Waals surface area (Å²) in [6.07, 6.45) is 0.237. The average Bonchev–Trinajstić information content (AvgIpc) is 2.35. The molecule has 0 aliphatic heterocycles. The second-order valence-electron chi connectivity index (χ2n) is 3.86. The Morgan fingerprint density at radius 3 is 2.61 bits per heavy atom. The summed E-state index contributed by atoms with van der Waals surface area (Å²) < 4.78 is 13.4. The highest BCUT2D eigenvalue weighted by atomic mass is 32.1. The van der Waals surface area contributed by atoms with Crippen molar-refractivity contribution < 1.29 is 14.0 Å². The molecule has 1 atom stereocenters. The van der Waals surface area contributed by atoms with Crippen molar-refractivity contribution in [2.45, 2.75) is 6.42 Å². The minimum atomic E-state index is -0.618. The topological polar surface area (TPSA) is 72.2 Å². The van der Waals surface area contributed by atoms with E-state index in [0.717, 1.165) is 0 Å². The SMILES string of the molecule is NC(=O)CNC(=O)[C@@H](CS)Cc1ccccc1F. The van der Waals surface area contributed by atoms with Crippen LogP contribution >= 0.6 is 12.6 Å². The summed E-state index contributed by atoms with van der Waals surface area (Å²) in [5.41, 5.74) is 5.38. The van der Waals surface area contributed by atoms with Crippen molar-refractivity contribution in [2.75, 3.05) is 12.3 Å². The Kier molecular flexibility index (Phi) is 5.64. The standard InChI is InChI=1S/C12H15FN2O2S/c13-10-4-2-1-3-8(10)5-9(7-18)12(17)15-6-11(14)16/h1-4,9,18H,5-7H2,(H2,14,16)(H,15,17)/t9-/m1/s1. The van der Waals surface area contributed by atoms with Crippen molar-refractivity contribution in [2.24, 2.45) is 11.7 Å². The van der Waals surface area contributed by atoms with Gasteiger partial charge in [-0.3, -0.25) is 9.59 Å². The molecule has 1 aromatic carbocycles. The molecule has 0 saturated carbocycles. The molecule has 18 heavy (non-hydrogen) atoms. The number of halogens is 1. The van der Waals surface area contributed by atoms with Crippen LogP contribution in [0.1, 0.15) is 5.56 Å². The van der Waals surface area contributed by atoms with Gasteiger partial charge in [0, 0.05) is 5.75 Å². The molecule has 0 aliphatic carbocycles. The van der Waals surface area contributed by atoms with E-state index in [1.54, 1.807) is 18.2 Å². The Labute approximate surface area is 110 Å². The summed E-state index contributed by atoms with van der Waals surface area (Å²) in [5.74, 6) is -1.56. The number of carbonyl (C=O) groups excluding carboxylic acids is 2. The largest absolute Gasteiger partial charge is 0.368 e. The Balaban J connectivity index is 2.64. The van der Waals surface area contributed by atoms with Crippen molar-refractivity contribution in [1.29, 1.82) is 0 Å². The second-order valence-corrected chi connectivity index (χ2v) is 4.22. The van der Waals surface area contributed by atoms with Crippen LogP contribution in [-0.2, 0) is 16.0 Å². The lowest BCUT2D eigenvalue weighted by molar-refractivity contribution is -0.127. The van der Waals surface area contributed by atoms with Gasteiger partial charge in [0.25, 0.3) is 0 Å². The van der Waals surface area contributed by atoms with Gasteiger partial charge in [0.1, 0.15) is 5.82 Å². The highest BCUT2D eigenvalue weighted by Gasteiger charge is 2.19. The number of carbonyl (C=O) groups is 2. The molecule has 0 aliphatic rings. The molecule has 0 fully saturated rings. The third kappa shape index (κ3) is 4.37. The number of amides is 2. The Morgan fingerprint density at radius 2 is 2.06 bits per heavy atom. The quantitative estimate of drug-likeness (QED) is 0.659. The van der Waals surface area contributed by atoms with E-state index in [1.165, 1.54) is 6.07 Å². The van der Waals surface area contributed by atoms with Crippen molar-refractivity contribution in [3.63, 3.8) is 0 Å². The molecule has 3 N–H and O–H groups in total. The monoisotopic (exact) mass is 270 g/mol. The molecule has 6 heteroatoms. The van der Waals surface area contributed by atoms with Crippen LogP contribution in [0, 0.1) is 11.7 Å². The molecule has 0 unspecified atom stereocenters. The van der Waals surface area contributed by atoms with Gasteiger partial charge in [-0.25, -0.2) is 4.39 Å². The van der Waals surface area contributed by atoms with Gasteiger partial charge in [-0.05, 0) is 18.1 Å². The normalized spacial score (nSPS) is 11.9. The maximum Gasteiger partial charge on any atom is 0.236 e. The first kappa shape index (κ1) is 14.5. The molecule has 0 saturated heterocycles. The fraction of sp³-hybridized carbons (Fsp3) is 0.333. The molecule has 0 bridgehead atoms. The van der Waals surface area contributed by atoms with E-state index in [0.29, 0.717) is 5.56 Å². The van der Waals surface area contributed by atoms with Gasteiger partial charge in [-0.15, -0.1) is 0 Å². The highest BCUT2D eigenvalue weighted by molar-refractivity contribution is 7.80. The van der Waals surface area contributed by atoms with Gasteiger partial charge in [-0.1, -0.05) is 18.2 Å². The molecule has 98 valence electrons. The van der Waals surface area contributed by atoms with E-state index in [4.69, 9.17) is 5.73 Å². The van der Waals surface area contributed by atoms with Crippen LogP contribution in [0.4, 0.5) is 4.39 Å². The maximum atomic E-state index is 13.4. The molecule has 1 aromatic rings. The summed E-state index contributed by atoms with van der Waals surface area (Å²) in [7, 11) is 0. The van der Waals surface area contributed by atoms with Gasteiger partial charge in [0.05, 0.1) is 12.5 Å². The maximum absolute atomic E-state index is 13.4. The minimum absolute atomic E-state index is 0.222. The van der Waals surface area contributed by atoms with Crippen LogP contribution in [0.15, 0.2) is 24.3 Å². The van der Waals surface area contributed by atoms with E-state index in [2.05, 4.69) is 17.9 Å². The van der Waals surface area contributed by atoms with Crippen LogP contribution in [0.5, 0.6) is 0 Å². The summed E-state index contributed by atoms with van der Waals surface area (Å²) >= 11 is 4.06. The molecule has 0 radical (unpaired) electrons. The zero-order chi connectivity index (χ0) is 13.5. The summed E-state index contributed by atoms with van der Waals surface area (Å²) in [6, 6.07) is 6.25. The first-order chi connectivity index (χ1) is 8.54. The second kappa shape index (κ2) is 7.00. The average molecular weight is 270 g/mol. The van der Waals surface area contributed by atoms with E-state index in [9.17, 15) is 14.0 Å². The summed E-state index contributed by atoms with van der Waals surface area (Å²) in [5, 5.41) is 2.39. The number of benzene rings is 1. The first-order valence-corrected chi connectivity index (χ1v) is 6.08. The Bertz CT molecular complexity index is 440. The van der Waals surface area contributed by atoms with Gasteiger partial charge >= 0.3 is 0 Å². The molecule has 2 amide bonds. The zero-order valence-electron chi connectivity index (χ0n) is 9.73. The fourth-order valence-corrected chi connectivity index (χ4v) is 1.78. The van der Waals surface area contributed by atoms with E-state index >= 15 is 0 Å². The van der Waals surface area contributed by atoms with Crippen molar-refractivity contribution >= 4 is 24.4 Å². The molecule has 4 nitrogen and oxygen atoms in total. The molecular weight excluding hydrogens is 255 g/mol. The van der Waals surface area contributed by atoms with Crippen LogP contribution in [0.3, 0.4) is 0 Å². The zero-order valence-corrected chi connectivity index (χ0v) is 10.6. The number of hydrogen-bond donors (Lipinski definition) is 3. The molecular formula is C12H15FN2O2S. The van der Waals surface area contributed by atoms with Crippen LogP contribution < -0.4 is 11.1 Å². The highest BCUT2D eigenvalue weighted by Crippen LogP contribution is 2.14. The number of rotatable bonds is 6. The number of primary amides is 1. The van der Waals surface area contributed by atoms with Gasteiger partial charge in [-0.2, -0.15) is 12.6 Å². The number of thiol groups is 1. The third-order valence-electron chi connectivity index (χ3n) is 2.45. The lowest BCUT2D eigenvalue weighted by Gasteiger charge is -2.14. The van der Waals surface area contributed by atoms with E-state index < -0.39 is 11.8 Å². The minimum Gasteiger partial charge on any atom is -0.368 e. The van der Waals surface area contributed by atoms with Crippen LogP contribution in [0.2, 0.25) is 0 Å². The van der Waals surface area contributed by atoms with Gasteiger partial charge in [0.2, 0.25) is 11.8 Å². The lowest BCUT2D eigenvalue weighted by atomic mass is 10.00. The molecule has 0 heterocycles. The smallest absolute Gasteiger partial charge is 0.236 e. The van der Waals surface area contributed by atoms with Crippen LogP contribution in [0.25, 0.3) is 0 Å². The predicted molar refractivity (Wildman–Crippen MR) is 69.7 cm³/mol. The summed E-state index contributed by atoms with van der Waals surface area (Å²) in [6.45, 7) is -0.222. The van der Waals surface area contributed by atoms with Gasteiger partial charge in [0.15, 0.2) is 0 Å². The number of hydrogen-bond acceptors (Lipinski definition) is 3. The molecule has 1 rings (SSSR count). The number of nitrogens with one attached hydrogen (secondary N) is 1. The van der Waals surface area contributed by atoms with Crippen molar-refractivity contribution in [3.8, 4) is 0 Å². The van der Waals surface area contributed by atoms with Crippen LogP contribution in [-0.4, -0.2) is 24.1 Å². The van der Waals surface area contributed by atoms with Crippen molar-refractivity contribution in [1.82, 2.24) is 5.32 Å². The molecule has 0 aromatic heterocycles. The lowest BCUT2D eigenvalue weighted by Crippen LogP contribution is -2.38. The van der Waals surface area contributed by atoms with E-state index in [1.807, 2.05) is 0 Å². The Morgan fingerprint density at radius 1 is 1.39 bits per heavy atom. The van der Waals surface area contributed by atoms with E-state index in [-0.39, 0.29) is 30.4 Å².